The summed E-state index contributed by atoms with van der Waals surface area (Å²) in [7, 11) is 0. The summed E-state index contributed by atoms with van der Waals surface area (Å²) in [5.74, 6) is 0.796. The van der Waals surface area contributed by atoms with Gasteiger partial charge in [-0.1, -0.05) is 17.7 Å². The van der Waals surface area contributed by atoms with Crippen molar-refractivity contribution in [1.29, 1.82) is 0 Å². The lowest BCUT2D eigenvalue weighted by atomic mass is 9.96. The lowest BCUT2D eigenvalue weighted by Gasteiger charge is -2.34. The van der Waals surface area contributed by atoms with Crippen LogP contribution in [0.4, 0.5) is 4.79 Å². The van der Waals surface area contributed by atoms with Gasteiger partial charge in [0.05, 0.1) is 22.0 Å². The number of rotatable bonds is 3. The van der Waals surface area contributed by atoms with E-state index < -0.39 is 5.60 Å². The Bertz CT molecular complexity index is 957. The Hall–Kier alpha value is -2.12. The molecule has 0 radical (unpaired) electrons. The average molecular weight is 421 g/mol. The van der Waals surface area contributed by atoms with Gasteiger partial charge >= 0.3 is 6.09 Å². The molecular formula is C21H29ClN4O3. The van der Waals surface area contributed by atoms with E-state index in [1.807, 2.05) is 27.7 Å². The molecule has 1 saturated heterocycles. The predicted octanol–water partition coefficient (Wildman–Crippen LogP) is 3.72. The molecule has 3 rings (SSSR count). The maximum Gasteiger partial charge on any atom is 0.410 e. The number of hydrogen-bond acceptors (Lipinski definition) is 5. The van der Waals surface area contributed by atoms with E-state index in [0.717, 1.165) is 12.8 Å². The average Bonchev–Trinajstić information content (AvgIpc) is 2.62. The zero-order chi connectivity index (χ0) is 21.3. The number of fused-ring (bicyclic) bond motifs is 1. The van der Waals surface area contributed by atoms with Crippen LogP contribution >= 0.6 is 11.6 Å². The van der Waals surface area contributed by atoms with Crippen LogP contribution in [0, 0.1) is 5.92 Å². The van der Waals surface area contributed by atoms with Gasteiger partial charge in [0.25, 0.3) is 5.56 Å². The molecule has 0 aliphatic carbocycles. The number of amides is 1. The third-order valence-corrected chi connectivity index (χ3v) is 5.39. The summed E-state index contributed by atoms with van der Waals surface area (Å²) in [5, 5.41) is 0.814. The second-order valence-electron chi connectivity index (χ2n) is 8.72. The first-order valence-electron chi connectivity index (χ1n) is 9.99. The monoisotopic (exact) mass is 420 g/mol. The Kier molecular flexibility index (Phi) is 6.19. The van der Waals surface area contributed by atoms with E-state index in [1.54, 1.807) is 27.7 Å². The van der Waals surface area contributed by atoms with E-state index in [9.17, 15) is 9.59 Å². The van der Waals surface area contributed by atoms with Crippen LogP contribution in [0.5, 0.6) is 0 Å². The fraction of sp³-hybridized carbons (Fsp3) is 0.571. The number of aromatic nitrogens is 2. The van der Waals surface area contributed by atoms with Crippen molar-refractivity contribution in [2.75, 3.05) is 13.1 Å². The van der Waals surface area contributed by atoms with Gasteiger partial charge in [0.15, 0.2) is 0 Å². The number of piperidine rings is 1. The Morgan fingerprint density at radius 1 is 1.34 bits per heavy atom. The number of carbonyl (C=O) groups is 1. The number of hydrogen-bond donors (Lipinski definition) is 1. The minimum Gasteiger partial charge on any atom is -0.444 e. The van der Waals surface area contributed by atoms with E-state index in [2.05, 4.69) is 4.98 Å². The standard InChI is InChI=1S/C21H29ClN4O3/c1-13(23)18-24-16-7-5-6-15(22)17(16)19(27)26(18)12-14-8-10-25(11-9-14)20(28)29-21(2,3)4/h5-7,13-14H,8-12,23H2,1-4H3. The molecule has 1 aliphatic rings. The summed E-state index contributed by atoms with van der Waals surface area (Å²) < 4.78 is 7.11. The quantitative estimate of drug-likeness (QED) is 0.817. The highest BCUT2D eigenvalue weighted by Crippen LogP contribution is 2.24. The minimum absolute atomic E-state index is 0.164. The van der Waals surface area contributed by atoms with Crippen molar-refractivity contribution in [1.82, 2.24) is 14.5 Å². The zero-order valence-corrected chi connectivity index (χ0v) is 18.2. The van der Waals surface area contributed by atoms with Crippen molar-refractivity contribution >= 4 is 28.6 Å². The Morgan fingerprint density at radius 3 is 2.59 bits per heavy atom. The van der Waals surface area contributed by atoms with E-state index >= 15 is 0 Å². The van der Waals surface area contributed by atoms with Gasteiger partial charge in [-0.05, 0) is 58.6 Å². The van der Waals surface area contributed by atoms with Crippen LogP contribution in [-0.4, -0.2) is 39.2 Å². The van der Waals surface area contributed by atoms with Gasteiger partial charge in [-0.25, -0.2) is 9.78 Å². The molecule has 7 nitrogen and oxygen atoms in total. The van der Waals surface area contributed by atoms with Crippen molar-refractivity contribution in [3.8, 4) is 0 Å². The van der Waals surface area contributed by atoms with Crippen LogP contribution in [-0.2, 0) is 11.3 Å². The molecule has 1 aromatic heterocycles. The van der Waals surface area contributed by atoms with Crippen molar-refractivity contribution in [2.45, 2.75) is 58.7 Å². The summed E-state index contributed by atoms with van der Waals surface area (Å²) in [6, 6.07) is 4.87. The number of nitrogens with zero attached hydrogens (tertiary/aromatic N) is 3. The number of halogens is 1. The van der Waals surface area contributed by atoms with Gasteiger partial charge in [0, 0.05) is 19.6 Å². The molecule has 2 aromatic rings. The highest BCUT2D eigenvalue weighted by molar-refractivity contribution is 6.35. The van der Waals surface area contributed by atoms with Gasteiger partial charge in [-0.3, -0.25) is 9.36 Å². The Balaban J connectivity index is 1.80. The van der Waals surface area contributed by atoms with Gasteiger partial charge in [-0.2, -0.15) is 0 Å². The molecule has 1 fully saturated rings. The first-order chi connectivity index (χ1) is 13.6. The molecule has 0 saturated carbocycles. The van der Waals surface area contributed by atoms with Crippen molar-refractivity contribution in [3.63, 3.8) is 0 Å². The van der Waals surface area contributed by atoms with Crippen LogP contribution in [0.15, 0.2) is 23.0 Å². The largest absolute Gasteiger partial charge is 0.444 e. The molecule has 8 heteroatoms. The van der Waals surface area contributed by atoms with Crippen LogP contribution in [0.3, 0.4) is 0 Å². The van der Waals surface area contributed by atoms with E-state index in [0.29, 0.717) is 41.4 Å². The molecule has 0 spiro atoms. The smallest absolute Gasteiger partial charge is 0.410 e. The SMILES string of the molecule is CC(N)c1nc2cccc(Cl)c2c(=O)n1CC1CCN(C(=O)OC(C)(C)C)CC1. The summed E-state index contributed by atoms with van der Waals surface area (Å²) in [6.07, 6.45) is 1.28. The first kappa shape index (κ1) is 21.6. The van der Waals surface area contributed by atoms with Crippen molar-refractivity contribution in [2.24, 2.45) is 11.7 Å². The highest BCUT2D eigenvalue weighted by Gasteiger charge is 2.28. The minimum atomic E-state index is -0.510. The van der Waals surface area contributed by atoms with Crippen LogP contribution in [0.1, 0.15) is 52.4 Å². The van der Waals surface area contributed by atoms with E-state index in [4.69, 9.17) is 22.1 Å². The predicted molar refractivity (Wildman–Crippen MR) is 114 cm³/mol. The lowest BCUT2D eigenvalue weighted by Crippen LogP contribution is -2.43. The third-order valence-electron chi connectivity index (χ3n) is 5.08. The Morgan fingerprint density at radius 2 is 2.00 bits per heavy atom. The molecule has 29 heavy (non-hydrogen) atoms. The van der Waals surface area contributed by atoms with Crippen LogP contribution in [0.2, 0.25) is 5.02 Å². The topological polar surface area (TPSA) is 90.5 Å². The zero-order valence-electron chi connectivity index (χ0n) is 17.4. The molecule has 158 valence electrons. The van der Waals surface area contributed by atoms with Gasteiger partial charge in [-0.15, -0.1) is 0 Å². The molecule has 1 aliphatic heterocycles. The lowest BCUT2D eigenvalue weighted by molar-refractivity contribution is 0.0177. The summed E-state index contributed by atoms with van der Waals surface area (Å²) in [6.45, 7) is 9.10. The van der Waals surface area contributed by atoms with Gasteiger partial charge in [0.1, 0.15) is 11.4 Å². The first-order valence-corrected chi connectivity index (χ1v) is 10.4. The van der Waals surface area contributed by atoms with Crippen LogP contribution < -0.4 is 11.3 Å². The highest BCUT2D eigenvalue weighted by atomic mass is 35.5. The van der Waals surface area contributed by atoms with E-state index in [1.165, 1.54) is 0 Å². The maximum absolute atomic E-state index is 13.2. The van der Waals surface area contributed by atoms with Crippen molar-refractivity contribution in [3.05, 3.63) is 39.4 Å². The van der Waals surface area contributed by atoms with Gasteiger partial charge in [0.2, 0.25) is 0 Å². The molecule has 1 amide bonds. The maximum atomic E-state index is 13.2. The molecule has 1 unspecified atom stereocenters. The molecular weight excluding hydrogens is 392 g/mol. The number of likely N-dealkylation sites (tertiary alicyclic amines) is 1. The second kappa shape index (κ2) is 8.32. The number of benzene rings is 1. The second-order valence-corrected chi connectivity index (χ2v) is 9.13. The molecule has 2 heterocycles. The summed E-state index contributed by atoms with van der Waals surface area (Å²) in [4.78, 5) is 31.8. The fourth-order valence-corrected chi connectivity index (χ4v) is 3.90. The Labute approximate surface area is 175 Å². The van der Waals surface area contributed by atoms with E-state index in [-0.39, 0.29) is 23.6 Å². The number of carbonyl (C=O) groups excluding carboxylic acids is 1. The molecule has 2 N–H and O–H groups in total. The molecule has 0 bridgehead atoms. The summed E-state index contributed by atoms with van der Waals surface area (Å²) in [5.41, 5.74) is 6.00. The van der Waals surface area contributed by atoms with Gasteiger partial charge < -0.3 is 15.4 Å². The summed E-state index contributed by atoms with van der Waals surface area (Å²) >= 11 is 6.27. The molecule has 1 aromatic carbocycles. The number of ether oxygens (including phenoxy) is 1. The normalized spacial score (nSPS) is 16.8. The van der Waals surface area contributed by atoms with Crippen molar-refractivity contribution < 1.29 is 9.53 Å². The molecule has 1 atom stereocenters. The number of nitrogens with two attached hydrogens (primary N) is 1. The fourth-order valence-electron chi connectivity index (χ4n) is 3.65. The van der Waals surface area contributed by atoms with Crippen LogP contribution in [0.25, 0.3) is 10.9 Å². The third kappa shape index (κ3) is 4.90.